The van der Waals surface area contributed by atoms with E-state index >= 15 is 0 Å². The van der Waals surface area contributed by atoms with Gasteiger partial charge in [-0.25, -0.2) is 0 Å². The first-order chi connectivity index (χ1) is 14.9. The molecular weight excluding hydrogens is 374 g/mol. The van der Waals surface area contributed by atoms with Gasteiger partial charge >= 0.3 is 0 Å². The van der Waals surface area contributed by atoms with Crippen LogP contribution in [0.2, 0.25) is 0 Å². The standard InChI is InChI=1S/C30H39N/c1-7-9-11-16-29(26(6)31-30-24(4)14-12-15-25(30)5)22-28-19-17-27(18-20-28)21-23(3)13-10-8-2/h2,12,14-15,17-20,29,31H,3,6-7,9-11,13,16,21-22H2,1,4-5H3. The van der Waals surface area contributed by atoms with Crippen molar-refractivity contribution in [1.82, 2.24) is 0 Å². The zero-order chi connectivity index (χ0) is 22.6. The highest BCUT2D eigenvalue weighted by atomic mass is 14.9. The lowest BCUT2D eigenvalue weighted by Crippen LogP contribution is -2.15. The number of anilines is 1. The summed E-state index contributed by atoms with van der Waals surface area (Å²) in [5.74, 6) is 3.11. The van der Waals surface area contributed by atoms with E-state index in [-0.39, 0.29) is 0 Å². The first-order valence-corrected chi connectivity index (χ1v) is 11.6. The van der Waals surface area contributed by atoms with Crippen molar-refractivity contribution in [2.75, 3.05) is 5.32 Å². The van der Waals surface area contributed by atoms with E-state index in [1.54, 1.807) is 0 Å². The van der Waals surface area contributed by atoms with Crippen LogP contribution in [0.3, 0.4) is 0 Å². The number of hydrogen-bond donors (Lipinski definition) is 1. The number of allylic oxidation sites excluding steroid dienone is 2. The third-order valence-electron chi connectivity index (χ3n) is 6.00. The highest BCUT2D eigenvalue weighted by Crippen LogP contribution is 2.28. The molecule has 0 spiro atoms. The van der Waals surface area contributed by atoms with Gasteiger partial charge in [0.25, 0.3) is 0 Å². The maximum Gasteiger partial charge on any atom is 0.0441 e. The Morgan fingerprint density at radius 2 is 1.65 bits per heavy atom. The molecule has 31 heavy (non-hydrogen) atoms. The van der Waals surface area contributed by atoms with E-state index in [9.17, 15) is 0 Å². The lowest BCUT2D eigenvalue weighted by molar-refractivity contribution is 0.518. The average molecular weight is 414 g/mol. The van der Waals surface area contributed by atoms with Crippen molar-refractivity contribution >= 4 is 5.69 Å². The number of unbranched alkanes of at least 4 members (excludes halogenated alkanes) is 2. The molecule has 0 aliphatic rings. The fourth-order valence-corrected chi connectivity index (χ4v) is 4.02. The van der Waals surface area contributed by atoms with Crippen LogP contribution < -0.4 is 5.32 Å². The van der Waals surface area contributed by atoms with E-state index in [2.05, 4.69) is 87.6 Å². The van der Waals surface area contributed by atoms with Gasteiger partial charge in [-0.15, -0.1) is 12.3 Å². The Morgan fingerprint density at radius 1 is 1.00 bits per heavy atom. The van der Waals surface area contributed by atoms with Crippen LogP contribution in [-0.2, 0) is 12.8 Å². The lowest BCUT2D eigenvalue weighted by Gasteiger charge is -2.23. The fraction of sp³-hybridized carbons (Fsp3) is 0.400. The van der Waals surface area contributed by atoms with E-state index in [0.717, 1.165) is 37.8 Å². The lowest BCUT2D eigenvalue weighted by atomic mass is 9.90. The Labute approximate surface area is 190 Å². The second-order valence-corrected chi connectivity index (χ2v) is 8.76. The third-order valence-corrected chi connectivity index (χ3v) is 6.00. The molecule has 0 bridgehead atoms. The molecule has 0 aliphatic heterocycles. The fourth-order valence-electron chi connectivity index (χ4n) is 4.02. The predicted octanol–water partition coefficient (Wildman–Crippen LogP) is 8.18. The summed E-state index contributed by atoms with van der Waals surface area (Å²) in [5, 5.41) is 3.66. The van der Waals surface area contributed by atoms with Crippen molar-refractivity contribution in [3.8, 4) is 12.3 Å². The highest BCUT2D eigenvalue weighted by Gasteiger charge is 2.15. The molecule has 2 aromatic rings. The van der Waals surface area contributed by atoms with Crippen LogP contribution >= 0.6 is 0 Å². The van der Waals surface area contributed by atoms with E-state index in [0.29, 0.717) is 5.92 Å². The maximum atomic E-state index is 5.37. The molecule has 1 unspecified atom stereocenters. The largest absolute Gasteiger partial charge is 0.359 e. The monoisotopic (exact) mass is 413 g/mol. The van der Waals surface area contributed by atoms with Crippen molar-refractivity contribution < 1.29 is 0 Å². The van der Waals surface area contributed by atoms with Gasteiger partial charge in [-0.05, 0) is 61.8 Å². The molecule has 1 nitrogen and oxygen atoms in total. The van der Waals surface area contributed by atoms with Crippen molar-refractivity contribution in [2.45, 2.75) is 72.1 Å². The van der Waals surface area contributed by atoms with Crippen molar-refractivity contribution in [1.29, 1.82) is 0 Å². The van der Waals surface area contributed by atoms with Gasteiger partial charge in [0.05, 0.1) is 0 Å². The van der Waals surface area contributed by atoms with Gasteiger partial charge in [0.2, 0.25) is 0 Å². The number of terminal acetylenes is 1. The molecule has 2 aromatic carbocycles. The number of hydrogen-bond acceptors (Lipinski definition) is 1. The summed E-state index contributed by atoms with van der Waals surface area (Å²) in [6, 6.07) is 15.4. The summed E-state index contributed by atoms with van der Waals surface area (Å²) in [5.41, 5.74) is 8.74. The third kappa shape index (κ3) is 8.14. The summed E-state index contributed by atoms with van der Waals surface area (Å²) in [7, 11) is 0. The van der Waals surface area contributed by atoms with E-state index < -0.39 is 0 Å². The van der Waals surface area contributed by atoms with Gasteiger partial charge < -0.3 is 5.32 Å². The molecule has 0 aliphatic carbocycles. The number of rotatable bonds is 13. The predicted molar refractivity (Wildman–Crippen MR) is 137 cm³/mol. The first-order valence-electron chi connectivity index (χ1n) is 11.6. The van der Waals surface area contributed by atoms with Crippen LogP contribution in [0.15, 0.2) is 66.9 Å². The normalized spacial score (nSPS) is 11.5. The van der Waals surface area contributed by atoms with Crippen LogP contribution in [0.5, 0.6) is 0 Å². The molecule has 0 aromatic heterocycles. The molecule has 0 heterocycles. The average Bonchev–Trinajstić information content (AvgIpc) is 2.75. The topological polar surface area (TPSA) is 12.0 Å². The summed E-state index contributed by atoms with van der Waals surface area (Å²) in [6.07, 6.45) is 13.9. The maximum absolute atomic E-state index is 5.37. The minimum absolute atomic E-state index is 0.419. The van der Waals surface area contributed by atoms with Gasteiger partial charge in [-0.3, -0.25) is 0 Å². The van der Waals surface area contributed by atoms with Gasteiger partial charge in [-0.1, -0.05) is 87.4 Å². The summed E-state index contributed by atoms with van der Waals surface area (Å²) in [4.78, 5) is 0. The SMILES string of the molecule is C#CCCC(=C)Cc1ccc(CC(CCCCC)C(=C)Nc2c(C)cccc2C)cc1. The zero-order valence-electron chi connectivity index (χ0n) is 19.8. The second-order valence-electron chi connectivity index (χ2n) is 8.76. The Balaban J connectivity index is 2.07. The molecule has 0 amide bonds. The molecule has 1 heteroatoms. The molecule has 0 fully saturated rings. The summed E-state index contributed by atoms with van der Waals surface area (Å²) >= 11 is 0. The number of aryl methyl sites for hydroxylation is 2. The Hall–Kier alpha value is -2.72. The van der Waals surface area contributed by atoms with E-state index in [1.807, 2.05) is 0 Å². The van der Waals surface area contributed by atoms with Gasteiger partial charge in [0.1, 0.15) is 0 Å². The Kier molecular flexibility index (Phi) is 10.2. The Bertz CT molecular complexity index is 875. The van der Waals surface area contributed by atoms with Gasteiger partial charge in [0.15, 0.2) is 0 Å². The molecule has 2 rings (SSSR count). The number of benzene rings is 2. The minimum atomic E-state index is 0.419. The van der Waals surface area contributed by atoms with Crippen molar-refractivity contribution in [3.05, 3.63) is 89.1 Å². The smallest absolute Gasteiger partial charge is 0.0441 e. The summed E-state index contributed by atoms with van der Waals surface area (Å²) in [6.45, 7) is 15.2. The number of para-hydroxylation sites is 1. The van der Waals surface area contributed by atoms with Crippen molar-refractivity contribution in [3.63, 3.8) is 0 Å². The quantitative estimate of drug-likeness (QED) is 0.198. The molecular formula is C30H39N. The van der Waals surface area contributed by atoms with Crippen LogP contribution in [0.1, 0.15) is 67.7 Å². The van der Waals surface area contributed by atoms with Crippen LogP contribution in [0.4, 0.5) is 5.69 Å². The Morgan fingerprint density at radius 3 is 2.26 bits per heavy atom. The minimum Gasteiger partial charge on any atom is -0.359 e. The molecule has 0 saturated carbocycles. The van der Waals surface area contributed by atoms with Gasteiger partial charge in [0, 0.05) is 23.7 Å². The zero-order valence-corrected chi connectivity index (χ0v) is 19.8. The molecule has 0 saturated heterocycles. The van der Waals surface area contributed by atoms with Crippen LogP contribution in [-0.4, -0.2) is 0 Å². The molecule has 164 valence electrons. The van der Waals surface area contributed by atoms with Crippen molar-refractivity contribution in [2.24, 2.45) is 5.92 Å². The van der Waals surface area contributed by atoms with Crippen LogP contribution in [0.25, 0.3) is 0 Å². The molecule has 1 N–H and O–H groups in total. The molecule has 1 atom stereocenters. The highest BCUT2D eigenvalue weighted by molar-refractivity contribution is 5.59. The van der Waals surface area contributed by atoms with Gasteiger partial charge in [-0.2, -0.15) is 0 Å². The number of nitrogens with one attached hydrogen (secondary N) is 1. The second kappa shape index (κ2) is 12.9. The summed E-state index contributed by atoms with van der Waals surface area (Å²) < 4.78 is 0. The van der Waals surface area contributed by atoms with E-state index in [4.69, 9.17) is 6.42 Å². The van der Waals surface area contributed by atoms with Crippen LogP contribution in [0, 0.1) is 32.1 Å². The van der Waals surface area contributed by atoms with E-state index in [1.165, 1.54) is 52.8 Å². The molecule has 0 radical (unpaired) electrons. The first kappa shape index (κ1) is 24.5.